The van der Waals surface area contributed by atoms with Crippen LogP contribution in [0.25, 0.3) is 22.6 Å². The fourth-order valence-electron chi connectivity index (χ4n) is 2.29. The van der Waals surface area contributed by atoms with E-state index >= 15 is 0 Å². The van der Waals surface area contributed by atoms with E-state index in [9.17, 15) is 0 Å². The molecule has 0 saturated carbocycles. The molecule has 4 nitrogen and oxygen atoms in total. The van der Waals surface area contributed by atoms with E-state index in [0.29, 0.717) is 12.5 Å². The van der Waals surface area contributed by atoms with E-state index in [-0.39, 0.29) is 0 Å². The third kappa shape index (κ3) is 1.94. The van der Waals surface area contributed by atoms with Crippen LogP contribution >= 0.6 is 0 Å². The molecular weight excluding hydrogens is 238 g/mol. The Morgan fingerprint density at radius 3 is 2.89 bits per heavy atom. The third-order valence-electron chi connectivity index (χ3n) is 3.57. The topological polar surface area (TPSA) is 57.0 Å². The Morgan fingerprint density at radius 2 is 2.21 bits per heavy atom. The van der Waals surface area contributed by atoms with Crippen LogP contribution in [0, 0.1) is 0 Å². The summed E-state index contributed by atoms with van der Waals surface area (Å²) in [5.74, 6) is 1.98. The van der Waals surface area contributed by atoms with Crippen molar-refractivity contribution in [3.05, 3.63) is 42.2 Å². The highest BCUT2D eigenvalue weighted by atomic mass is 16.3. The Labute approximate surface area is 111 Å². The molecule has 3 rings (SSSR count). The fraction of sp³-hybridized carbons (Fsp3) is 0.267. The molecule has 0 fully saturated rings. The molecule has 0 aliphatic heterocycles. The number of nitrogens with two attached hydrogens (primary N) is 1. The summed E-state index contributed by atoms with van der Waals surface area (Å²) in [4.78, 5) is 4.66. The van der Waals surface area contributed by atoms with E-state index in [1.165, 1.54) is 5.56 Å². The number of aryl methyl sites for hydroxylation is 1. The van der Waals surface area contributed by atoms with Crippen molar-refractivity contribution >= 4 is 11.0 Å². The number of aromatic nitrogens is 2. The van der Waals surface area contributed by atoms with Gasteiger partial charge >= 0.3 is 0 Å². The van der Waals surface area contributed by atoms with Gasteiger partial charge in [-0.2, -0.15) is 0 Å². The molecule has 0 amide bonds. The van der Waals surface area contributed by atoms with E-state index in [0.717, 1.165) is 22.6 Å². The lowest BCUT2D eigenvalue weighted by Gasteiger charge is -2.08. The average molecular weight is 255 g/mol. The maximum absolute atomic E-state index is 5.72. The largest absolute Gasteiger partial charge is 0.461 e. The lowest BCUT2D eigenvalue weighted by atomic mass is 10.0. The first-order valence-electron chi connectivity index (χ1n) is 6.41. The van der Waals surface area contributed by atoms with Crippen LogP contribution in [0.2, 0.25) is 0 Å². The molecule has 0 radical (unpaired) electrons. The molecule has 98 valence electrons. The van der Waals surface area contributed by atoms with Gasteiger partial charge in [0.05, 0.1) is 17.3 Å². The second-order valence-corrected chi connectivity index (χ2v) is 4.86. The molecule has 1 unspecified atom stereocenters. The average Bonchev–Trinajstić information content (AvgIpc) is 3.05. The summed E-state index contributed by atoms with van der Waals surface area (Å²) < 4.78 is 7.47. The normalized spacial score (nSPS) is 13.0. The molecule has 1 aromatic carbocycles. The summed E-state index contributed by atoms with van der Waals surface area (Å²) in [5, 5.41) is 0. The molecule has 0 saturated heterocycles. The molecular formula is C15H17N3O. The van der Waals surface area contributed by atoms with Crippen molar-refractivity contribution in [3.8, 4) is 11.6 Å². The molecule has 0 aliphatic rings. The van der Waals surface area contributed by atoms with Crippen LogP contribution in [0.1, 0.15) is 18.4 Å². The van der Waals surface area contributed by atoms with Gasteiger partial charge in [-0.25, -0.2) is 4.98 Å². The van der Waals surface area contributed by atoms with Gasteiger partial charge in [-0.1, -0.05) is 13.0 Å². The first-order chi connectivity index (χ1) is 9.20. The predicted octanol–water partition coefficient (Wildman–Crippen LogP) is 2.90. The lowest BCUT2D eigenvalue weighted by molar-refractivity contribution is 0.574. The van der Waals surface area contributed by atoms with E-state index in [4.69, 9.17) is 10.2 Å². The zero-order valence-electron chi connectivity index (χ0n) is 11.1. The van der Waals surface area contributed by atoms with Crippen molar-refractivity contribution in [2.24, 2.45) is 12.8 Å². The third-order valence-corrected chi connectivity index (χ3v) is 3.57. The second kappa shape index (κ2) is 4.55. The Morgan fingerprint density at radius 1 is 1.37 bits per heavy atom. The van der Waals surface area contributed by atoms with Gasteiger partial charge in [-0.3, -0.25) is 0 Å². The summed E-state index contributed by atoms with van der Waals surface area (Å²) in [7, 11) is 2.00. The highest BCUT2D eigenvalue weighted by Crippen LogP contribution is 2.26. The van der Waals surface area contributed by atoms with Crippen LogP contribution in [0.4, 0.5) is 0 Å². The van der Waals surface area contributed by atoms with E-state index in [1.807, 2.05) is 23.7 Å². The van der Waals surface area contributed by atoms with Gasteiger partial charge in [0.1, 0.15) is 0 Å². The Kier molecular flexibility index (Phi) is 2.87. The summed E-state index contributed by atoms with van der Waals surface area (Å²) in [5.41, 5.74) is 9.02. The number of rotatable bonds is 3. The number of hydrogen-bond donors (Lipinski definition) is 1. The van der Waals surface area contributed by atoms with Crippen molar-refractivity contribution in [2.45, 2.75) is 12.8 Å². The highest BCUT2D eigenvalue weighted by Gasteiger charge is 2.13. The Bertz CT molecular complexity index is 698. The SMILES string of the molecule is CC(CN)c1ccc2c(c1)nc(-c1ccco1)n2C. The van der Waals surface area contributed by atoms with Gasteiger partial charge in [-0.05, 0) is 42.3 Å². The summed E-state index contributed by atoms with van der Waals surface area (Å²) in [6.45, 7) is 2.76. The van der Waals surface area contributed by atoms with E-state index in [1.54, 1.807) is 6.26 Å². The first kappa shape index (κ1) is 12.0. The van der Waals surface area contributed by atoms with Crippen LogP contribution in [0.3, 0.4) is 0 Å². The van der Waals surface area contributed by atoms with E-state index < -0.39 is 0 Å². The molecule has 2 heterocycles. The number of fused-ring (bicyclic) bond motifs is 1. The number of nitrogens with zero attached hydrogens (tertiary/aromatic N) is 2. The minimum absolute atomic E-state index is 0.346. The molecule has 0 bridgehead atoms. The fourth-order valence-corrected chi connectivity index (χ4v) is 2.29. The van der Waals surface area contributed by atoms with Gasteiger partial charge in [-0.15, -0.1) is 0 Å². The van der Waals surface area contributed by atoms with Crippen LogP contribution in [0.15, 0.2) is 41.0 Å². The van der Waals surface area contributed by atoms with Crippen LogP contribution in [-0.2, 0) is 7.05 Å². The van der Waals surface area contributed by atoms with E-state index in [2.05, 4.69) is 30.1 Å². The number of benzene rings is 1. The minimum Gasteiger partial charge on any atom is -0.461 e. The number of hydrogen-bond acceptors (Lipinski definition) is 3. The maximum Gasteiger partial charge on any atom is 0.176 e. The van der Waals surface area contributed by atoms with Gasteiger partial charge in [0.25, 0.3) is 0 Å². The quantitative estimate of drug-likeness (QED) is 0.783. The summed E-state index contributed by atoms with van der Waals surface area (Å²) in [6, 6.07) is 10.1. The predicted molar refractivity (Wildman–Crippen MR) is 75.9 cm³/mol. The lowest BCUT2D eigenvalue weighted by Crippen LogP contribution is -2.08. The van der Waals surface area contributed by atoms with Gasteiger partial charge in [0.15, 0.2) is 11.6 Å². The molecule has 2 aromatic heterocycles. The smallest absolute Gasteiger partial charge is 0.176 e. The second-order valence-electron chi connectivity index (χ2n) is 4.86. The Balaban J connectivity index is 2.15. The van der Waals surface area contributed by atoms with Crippen LogP contribution in [-0.4, -0.2) is 16.1 Å². The minimum atomic E-state index is 0.346. The van der Waals surface area contributed by atoms with Gasteiger partial charge in [0, 0.05) is 7.05 Å². The molecule has 4 heteroatoms. The number of imidazole rings is 1. The van der Waals surface area contributed by atoms with Crippen LogP contribution in [0.5, 0.6) is 0 Å². The molecule has 19 heavy (non-hydrogen) atoms. The summed E-state index contributed by atoms with van der Waals surface area (Å²) >= 11 is 0. The number of furan rings is 1. The van der Waals surface area contributed by atoms with Crippen molar-refractivity contribution < 1.29 is 4.42 Å². The van der Waals surface area contributed by atoms with Crippen molar-refractivity contribution in [1.29, 1.82) is 0 Å². The monoisotopic (exact) mass is 255 g/mol. The zero-order valence-corrected chi connectivity index (χ0v) is 11.1. The maximum atomic E-state index is 5.72. The van der Waals surface area contributed by atoms with Crippen molar-refractivity contribution in [1.82, 2.24) is 9.55 Å². The Hall–Kier alpha value is -2.07. The molecule has 1 atom stereocenters. The first-order valence-corrected chi connectivity index (χ1v) is 6.41. The van der Waals surface area contributed by atoms with Gasteiger partial charge < -0.3 is 14.7 Å². The molecule has 2 N–H and O–H groups in total. The molecule has 3 aromatic rings. The highest BCUT2D eigenvalue weighted by molar-refractivity contribution is 5.80. The van der Waals surface area contributed by atoms with Crippen molar-refractivity contribution in [3.63, 3.8) is 0 Å². The molecule has 0 aliphatic carbocycles. The standard InChI is InChI=1S/C15H17N3O/c1-10(9-16)11-5-6-13-12(8-11)17-15(18(13)2)14-4-3-7-19-14/h3-8,10H,9,16H2,1-2H3. The van der Waals surface area contributed by atoms with Crippen molar-refractivity contribution in [2.75, 3.05) is 6.54 Å². The summed E-state index contributed by atoms with van der Waals surface area (Å²) in [6.07, 6.45) is 1.66. The van der Waals surface area contributed by atoms with Gasteiger partial charge in [0.2, 0.25) is 0 Å². The van der Waals surface area contributed by atoms with Crippen LogP contribution < -0.4 is 5.73 Å². The zero-order chi connectivity index (χ0) is 13.4. The molecule has 0 spiro atoms.